The van der Waals surface area contributed by atoms with Crippen LogP contribution in [0, 0.1) is 18.7 Å². The number of hydrogen-bond acceptors (Lipinski definition) is 3. The summed E-state index contributed by atoms with van der Waals surface area (Å²) in [4.78, 5) is 0.212. The van der Waals surface area contributed by atoms with E-state index in [4.69, 9.17) is 0 Å². The van der Waals surface area contributed by atoms with Crippen molar-refractivity contribution in [3.8, 4) is 0 Å². The quantitative estimate of drug-likeness (QED) is 0.916. The molecule has 7 heteroatoms. The molecule has 1 saturated heterocycles. The van der Waals surface area contributed by atoms with Crippen LogP contribution in [0.1, 0.15) is 18.4 Å². The van der Waals surface area contributed by atoms with Crippen LogP contribution in [0.4, 0.5) is 4.39 Å². The van der Waals surface area contributed by atoms with Gasteiger partial charge in [-0.3, -0.25) is 0 Å². The minimum atomic E-state index is -3.52. The Kier molecular flexibility index (Phi) is 6.59. The topological polar surface area (TPSA) is 49.4 Å². The number of hydrogen-bond donors (Lipinski definition) is 1. The third-order valence-corrected chi connectivity index (χ3v) is 5.75. The summed E-state index contributed by atoms with van der Waals surface area (Å²) in [5.74, 6) is -0.0718. The first-order valence-electron chi connectivity index (χ1n) is 6.86. The van der Waals surface area contributed by atoms with E-state index >= 15 is 0 Å². The molecular formula is C14H22ClFN2O2S. The first kappa shape index (κ1) is 18.4. The monoisotopic (exact) mass is 336 g/mol. The van der Waals surface area contributed by atoms with Crippen molar-refractivity contribution in [3.05, 3.63) is 29.6 Å². The van der Waals surface area contributed by atoms with Crippen LogP contribution in [-0.2, 0) is 10.0 Å². The Labute approximate surface area is 132 Å². The average molecular weight is 337 g/mol. The van der Waals surface area contributed by atoms with E-state index in [2.05, 4.69) is 5.32 Å². The Morgan fingerprint density at radius 1 is 1.43 bits per heavy atom. The zero-order valence-electron chi connectivity index (χ0n) is 12.3. The number of halogens is 2. The highest BCUT2D eigenvalue weighted by Crippen LogP contribution is 2.25. The molecule has 0 saturated carbocycles. The SMILES string of the molecule is CNCC1CCCN(S(=O)(=O)c2ccc(F)cc2C)C1.Cl. The van der Waals surface area contributed by atoms with E-state index in [0.29, 0.717) is 24.6 Å². The maximum absolute atomic E-state index is 13.1. The number of nitrogens with one attached hydrogen (secondary N) is 1. The second kappa shape index (κ2) is 7.54. The molecule has 1 unspecified atom stereocenters. The summed E-state index contributed by atoms with van der Waals surface area (Å²) in [5, 5.41) is 3.10. The highest BCUT2D eigenvalue weighted by atomic mass is 35.5. The molecule has 4 nitrogen and oxygen atoms in total. The highest BCUT2D eigenvalue weighted by molar-refractivity contribution is 7.89. The van der Waals surface area contributed by atoms with Crippen LogP contribution in [0.15, 0.2) is 23.1 Å². The summed E-state index contributed by atoms with van der Waals surface area (Å²) < 4.78 is 40.0. The van der Waals surface area contributed by atoms with E-state index in [9.17, 15) is 12.8 Å². The lowest BCUT2D eigenvalue weighted by Gasteiger charge is -2.32. The van der Waals surface area contributed by atoms with Crippen LogP contribution in [0.5, 0.6) is 0 Å². The molecule has 1 atom stereocenters. The Morgan fingerprint density at radius 3 is 2.76 bits per heavy atom. The van der Waals surface area contributed by atoms with Crippen molar-refractivity contribution in [2.45, 2.75) is 24.7 Å². The van der Waals surface area contributed by atoms with Gasteiger partial charge in [0, 0.05) is 13.1 Å². The van der Waals surface area contributed by atoms with Crippen molar-refractivity contribution >= 4 is 22.4 Å². The Balaban J connectivity index is 0.00000220. The van der Waals surface area contributed by atoms with Gasteiger partial charge in [0.05, 0.1) is 4.90 Å². The Hall–Kier alpha value is -0.690. The molecule has 2 rings (SSSR count). The van der Waals surface area contributed by atoms with Crippen molar-refractivity contribution in [1.82, 2.24) is 9.62 Å². The zero-order chi connectivity index (χ0) is 14.8. The van der Waals surface area contributed by atoms with E-state index in [1.54, 1.807) is 6.92 Å². The fraction of sp³-hybridized carbons (Fsp3) is 0.571. The third kappa shape index (κ3) is 4.16. The molecule has 120 valence electrons. The molecule has 1 fully saturated rings. The number of piperidine rings is 1. The van der Waals surface area contributed by atoms with Crippen molar-refractivity contribution in [2.24, 2.45) is 5.92 Å². The van der Waals surface area contributed by atoms with Crippen LogP contribution in [0.25, 0.3) is 0 Å². The van der Waals surface area contributed by atoms with Crippen molar-refractivity contribution in [1.29, 1.82) is 0 Å². The molecule has 1 aromatic carbocycles. The molecule has 0 bridgehead atoms. The molecule has 0 radical (unpaired) electrons. The minimum absolute atomic E-state index is 0. The van der Waals surface area contributed by atoms with E-state index < -0.39 is 15.8 Å². The number of sulfonamides is 1. The van der Waals surface area contributed by atoms with E-state index in [1.807, 2.05) is 7.05 Å². The molecule has 1 aliphatic rings. The van der Waals surface area contributed by atoms with Gasteiger partial charge in [-0.1, -0.05) is 0 Å². The summed E-state index contributed by atoms with van der Waals surface area (Å²) >= 11 is 0. The maximum atomic E-state index is 13.1. The summed E-state index contributed by atoms with van der Waals surface area (Å²) in [5.41, 5.74) is 0.459. The second-order valence-corrected chi connectivity index (χ2v) is 7.25. The summed E-state index contributed by atoms with van der Waals surface area (Å²) in [6.45, 7) is 3.51. The summed E-state index contributed by atoms with van der Waals surface area (Å²) in [6.07, 6.45) is 1.90. The van der Waals surface area contributed by atoms with Crippen molar-refractivity contribution in [3.63, 3.8) is 0 Å². The average Bonchev–Trinajstić information content (AvgIpc) is 2.39. The lowest BCUT2D eigenvalue weighted by atomic mass is 10.00. The maximum Gasteiger partial charge on any atom is 0.243 e. The molecule has 1 aliphatic heterocycles. The van der Waals surface area contributed by atoms with Gasteiger partial charge >= 0.3 is 0 Å². The van der Waals surface area contributed by atoms with Crippen LogP contribution in [0.2, 0.25) is 0 Å². The molecule has 0 aromatic heterocycles. The number of nitrogens with zero attached hydrogens (tertiary/aromatic N) is 1. The van der Waals surface area contributed by atoms with Gasteiger partial charge in [0.2, 0.25) is 10.0 Å². The van der Waals surface area contributed by atoms with Gasteiger partial charge in [0.1, 0.15) is 5.82 Å². The molecule has 1 heterocycles. The van der Waals surface area contributed by atoms with Crippen LogP contribution < -0.4 is 5.32 Å². The first-order chi connectivity index (χ1) is 9.45. The third-order valence-electron chi connectivity index (χ3n) is 3.73. The molecule has 0 spiro atoms. The lowest BCUT2D eigenvalue weighted by Crippen LogP contribution is -2.42. The minimum Gasteiger partial charge on any atom is -0.319 e. The van der Waals surface area contributed by atoms with Gasteiger partial charge in [-0.25, -0.2) is 12.8 Å². The van der Waals surface area contributed by atoms with Gasteiger partial charge in [0.15, 0.2) is 0 Å². The van der Waals surface area contributed by atoms with Gasteiger partial charge in [-0.2, -0.15) is 4.31 Å². The highest BCUT2D eigenvalue weighted by Gasteiger charge is 2.30. The molecular weight excluding hydrogens is 315 g/mol. The van der Waals surface area contributed by atoms with E-state index in [0.717, 1.165) is 19.4 Å². The Bertz CT molecular complexity index is 578. The smallest absolute Gasteiger partial charge is 0.243 e. The summed E-state index contributed by atoms with van der Waals surface area (Å²) in [6, 6.07) is 3.83. The summed E-state index contributed by atoms with van der Waals surface area (Å²) in [7, 11) is -1.65. The predicted molar refractivity (Wildman–Crippen MR) is 83.8 cm³/mol. The van der Waals surface area contributed by atoms with E-state index in [-0.39, 0.29) is 17.3 Å². The first-order valence-corrected chi connectivity index (χ1v) is 8.30. The molecule has 1 aromatic rings. The number of rotatable bonds is 4. The molecule has 1 N–H and O–H groups in total. The van der Waals surface area contributed by atoms with Gasteiger partial charge in [-0.05, 0) is 63.0 Å². The fourth-order valence-electron chi connectivity index (χ4n) is 2.74. The second-order valence-electron chi connectivity index (χ2n) is 5.34. The lowest BCUT2D eigenvalue weighted by molar-refractivity contribution is 0.263. The normalized spacial score (nSPS) is 20.0. The Morgan fingerprint density at radius 2 is 2.14 bits per heavy atom. The molecule has 0 amide bonds. The number of benzene rings is 1. The van der Waals surface area contributed by atoms with Gasteiger partial charge in [-0.15, -0.1) is 12.4 Å². The van der Waals surface area contributed by atoms with Crippen molar-refractivity contribution in [2.75, 3.05) is 26.7 Å². The van der Waals surface area contributed by atoms with Crippen molar-refractivity contribution < 1.29 is 12.8 Å². The molecule has 0 aliphatic carbocycles. The largest absolute Gasteiger partial charge is 0.319 e. The van der Waals surface area contributed by atoms with Crippen LogP contribution in [0.3, 0.4) is 0 Å². The van der Waals surface area contributed by atoms with E-state index in [1.165, 1.54) is 22.5 Å². The fourth-order valence-corrected chi connectivity index (χ4v) is 4.50. The predicted octanol–water partition coefficient (Wildman–Crippen LogP) is 2.18. The molecule has 21 heavy (non-hydrogen) atoms. The van der Waals surface area contributed by atoms with Gasteiger partial charge < -0.3 is 5.32 Å². The standard InChI is InChI=1S/C14H21FN2O2S.ClH/c1-11-8-13(15)5-6-14(11)20(18,19)17-7-3-4-12(10-17)9-16-2;/h5-6,8,12,16H,3-4,7,9-10H2,1-2H3;1H. The number of aryl methyl sites for hydroxylation is 1. The van der Waals surface area contributed by atoms with Crippen LogP contribution in [-0.4, -0.2) is 39.4 Å². The van der Waals surface area contributed by atoms with Crippen LogP contribution >= 0.6 is 12.4 Å². The zero-order valence-corrected chi connectivity index (χ0v) is 13.9. The van der Waals surface area contributed by atoms with Gasteiger partial charge in [0.25, 0.3) is 0 Å².